The monoisotopic (exact) mass is 454 g/mol. The van der Waals surface area contributed by atoms with Crippen LogP contribution in [0.1, 0.15) is 64.2 Å². The molecule has 31 heavy (non-hydrogen) atoms. The molecule has 0 N–H and O–H groups in total. The lowest BCUT2D eigenvalue weighted by Crippen LogP contribution is -2.22. The number of hydrogen-bond donors (Lipinski definition) is 0. The maximum Gasteiger partial charge on any atom is 0.158 e. The molecule has 2 saturated carbocycles. The standard InChI is InChI=1S/C26H32O3P2/c27-31(20-11-5-2-6-12-20)18-29-24-16-8-14-22(26(24)31)21-13-7-15-23-25(21)30(17-28-23)19-9-3-1-4-10-19/h7-8,13-16,19-20H,1-6,9-12,17-18H2/t30-,31+/m1/s1. The van der Waals surface area contributed by atoms with Gasteiger partial charge in [0.25, 0.3) is 0 Å². The quantitative estimate of drug-likeness (QED) is 0.478. The van der Waals surface area contributed by atoms with Crippen LogP contribution in [0.3, 0.4) is 0 Å². The van der Waals surface area contributed by atoms with Gasteiger partial charge in [0.05, 0.1) is 5.30 Å². The van der Waals surface area contributed by atoms with E-state index in [1.807, 2.05) is 6.07 Å². The van der Waals surface area contributed by atoms with Gasteiger partial charge in [0, 0.05) is 11.0 Å². The molecule has 0 radical (unpaired) electrons. The van der Waals surface area contributed by atoms with Gasteiger partial charge in [-0.1, -0.05) is 62.8 Å². The Balaban J connectivity index is 1.47. The molecule has 0 spiro atoms. The topological polar surface area (TPSA) is 35.5 Å². The summed E-state index contributed by atoms with van der Waals surface area (Å²) in [6.45, 7) is 0. The van der Waals surface area contributed by atoms with E-state index in [1.165, 1.54) is 62.2 Å². The summed E-state index contributed by atoms with van der Waals surface area (Å²) in [4.78, 5) is 0. The molecule has 2 aliphatic heterocycles. The van der Waals surface area contributed by atoms with Gasteiger partial charge in [-0.25, -0.2) is 0 Å². The van der Waals surface area contributed by atoms with E-state index in [9.17, 15) is 4.57 Å². The van der Waals surface area contributed by atoms with Crippen molar-refractivity contribution >= 4 is 25.7 Å². The van der Waals surface area contributed by atoms with Gasteiger partial charge in [0.1, 0.15) is 24.2 Å². The van der Waals surface area contributed by atoms with Crippen LogP contribution in [0.2, 0.25) is 0 Å². The van der Waals surface area contributed by atoms with Gasteiger partial charge in [-0.3, -0.25) is 0 Å². The minimum atomic E-state index is -2.57. The Morgan fingerprint density at radius 1 is 0.774 bits per heavy atom. The third-order valence-electron chi connectivity index (χ3n) is 7.90. The Labute approximate surface area is 187 Å². The smallest absolute Gasteiger partial charge is 0.158 e. The lowest BCUT2D eigenvalue weighted by atomic mass is 10.0. The maximum atomic E-state index is 14.5. The van der Waals surface area contributed by atoms with Gasteiger partial charge in [-0.2, -0.15) is 0 Å². The molecule has 164 valence electrons. The largest absolute Gasteiger partial charge is 0.488 e. The Morgan fingerprint density at radius 3 is 2.23 bits per heavy atom. The third-order valence-corrected chi connectivity index (χ3v) is 14.2. The number of benzene rings is 2. The van der Waals surface area contributed by atoms with E-state index >= 15 is 0 Å². The van der Waals surface area contributed by atoms with Crippen LogP contribution in [-0.2, 0) is 4.57 Å². The second kappa shape index (κ2) is 8.24. The van der Waals surface area contributed by atoms with E-state index in [2.05, 4.69) is 30.3 Å². The van der Waals surface area contributed by atoms with Crippen molar-refractivity contribution < 1.29 is 14.0 Å². The molecule has 0 saturated heterocycles. The predicted octanol–water partition coefficient (Wildman–Crippen LogP) is 6.81. The predicted molar refractivity (Wildman–Crippen MR) is 130 cm³/mol. The first-order chi connectivity index (χ1) is 15.3. The summed E-state index contributed by atoms with van der Waals surface area (Å²) in [6.07, 6.45) is 13.9. The molecule has 0 aromatic heterocycles. The average molecular weight is 454 g/mol. The van der Waals surface area contributed by atoms with Crippen molar-refractivity contribution in [3.8, 4) is 22.6 Å². The highest BCUT2D eigenvalue weighted by Gasteiger charge is 2.45. The van der Waals surface area contributed by atoms with Crippen LogP contribution in [0.4, 0.5) is 0 Å². The van der Waals surface area contributed by atoms with Crippen molar-refractivity contribution in [2.24, 2.45) is 0 Å². The van der Waals surface area contributed by atoms with Crippen LogP contribution in [0, 0.1) is 0 Å². The van der Waals surface area contributed by atoms with Gasteiger partial charge < -0.3 is 14.0 Å². The van der Waals surface area contributed by atoms with Crippen molar-refractivity contribution in [1.82, 2.24) is 0 Å². The molecule has 6 rings (SSSR count). The van der Waals surface area contributed by atoms with Crippen LogP contribution in [0.25, 0.3) is 11.1 Å². The highest BCUT2D eigenvalue weighted by molar-refractivity contribution is 7.73. The Hall–Kier alpha value is -1.30. The van der Waals surface area contributed by atoms with Gasteiger partial charge in [0.15, 0.2) is 7.14 Å². The summed E-state index contributed by atoms with van der Waals surface area (Å²) >= 11 is 0. The zero-order chi connectivity index (χ0) is 20.8. The molecule has 2 aromatic carbocycles. The van der Waals surface area contributed by atoms with Crippen LogP contribution in [-0.4, -0.2) is 24.0 Å². The fraction of sp³-hybridized carbons (Fsp3) is 0.538. The normalized spacial score (nSPS) is 28.6. The second-order valence-electron chi connectivity index (χ2n) is 9.70. The summed E-state index contributed by atoms with van der Waals surface area (Å²) in [7, 11) is -2.90. The van der Waals surface area contributed by atoms with Crippen molar-refractivity contribution in [2.45, 2.75) is 75.5 Å². The van der Waals surface area contributed by atoms with Gasteiger partial charge in [-0.15, -0.1) is 0 Å². The SMILES string of the molecule is O=[P@]1(C2CCCCC2)COc2cccc(-c3cccc4c3[P@@](C3CCCCC3)CO4)c21. The molecule has 2 heterocycles. The molecule has 4 aliphatic rings. The summed E-state index contributed by atoms with van der Waals surface area (Å²) in [5, 5.41) is 2.47. The van der Waals surface area contributed by atoms with Gasteiger partial charge in [-0.05, 0) is 62.5 Å². The molecule has 3 nitrogen and oxygen atoms in total. The van der Waals surface area contributed by atoms with E-state index in [1.54, 1.807) is 0 Å². The number of rotatable bonds is 3. The Morgan fingerprint density at radius 2 is 1.45 bits per heavy atom. The molecule has 5 heteroatoms. The average Bonchev–Trinajstić information content (AvgIpc) is 3.43. The summed E-state index contributed by atoms with van der Waals surface area (Å²) < 4.78 is 26.9. The molecule has 0 unspecified atom stereocenters. The molecule has 2 aromatic rings. The molecule has 0 bridgehead atoms. The maximum absolute atomic E-state index is 14.5. The van der Waals surface area contributed by atoms with Gasteiger partial charge >= 0.3 is 0 Å². The molecule has 2 fully saturated rings. The lowest BCUT2D eigenvalue weighted by Gasteiger charge is -2.29. The first-order valence-corrected chi connectivity index (χ1v) is 15.7. The zero-order valence-electron chi connectivity index (χ0n) is 18.2. The van der Waals surface area contributed by atoms with Crippen LogP contribution in [0.15, 0.2) is 36.4 Å². The van der Waals surface area contributed by atoms with E-state index in [-0.39, 0.29) is 13.6 Å². The highest BCUT2D eigenvalue weighted by atomic mass is 31.2. The van der Waals surface area contributed by atoms with E-state index in [4.69, 9.17) is 9.47 Å². The Bertz CT molecular complexity index is 1020. The molecular weight excluding hydrogens is 422 g/mol. The number of ether oxygens (including phenoxy) is 2. The second-order valence-corrected chi connectivity index (χ2v) is 15.1. The van der Waals surface area contributed by atoms with Crippen molar-refractivity contribution in [1.29, 1.82) is 0 Å². The van der Waals surface area contributed by atoms with E-state index in [0.29, 0.717) is 6.35 Å². The minimum absolute atomic E-state index is 0.288. The van der Waals surface area contributed by atoms with Crippen LogP contribution >= 0.6 is 15.1 Å². The molecule has 0 amide bonds. The molecule has 2 atom stereocenters. The van der Waals surface area contributed by atoms with Crippen molar-refractivity contribution in [3.63, 3.8) is 0 Å². The third kappa shape index (κ3) is 3.39. The first kappa shape index (κ1) is 20.3. The highest BCUT2D eigenvalue weighted by Crippen LogP contribution is 2.62. The zero-order valence-corrected chi connectivity index (χ0v) is 20.0. The Kier molecular flexibility index (Phi) is 5.40. The fourth-order valence-corrected chi connectivity index (χ4v) is 12.5. The van der Waals surface area contributed by atoms with Gasteiger partial charge in [0.2, 0.25) is 0 Å². The fourth-order valence-electron chi connectivity index (χ4n) is 6.30. The number of hydrogen-bond acceptors (Lipinski definition) is 3. The summed E-state index contributed by atoms with van der Waals surface area (Å²) in [6, 6.07) is 12.8. The molecular formula is C26H32O3P2. The summed E-state index contributed by atoms with van der Waals surface area (Å²) in [5.74, 6) is 1.93. The van der Waals surface area contributed by atoms with E-state index < -0.39 is 7.14 Å². The number of fused-ring (bicyclic) bond motifs is 2. The van der Waals surface area contributed by atoms with Crippen molar-refractivity contribution in [2.75, 3.05) is 12.7 Å². The van der Waals surface area contributed by atoms with Crippen LogP contribution in [0.5, 0.6) is 11.5 Å². The first-order valence-electron chi connectivity index (χ1n) is 12.1. The van der Waals surface area contributed by atoms with Crippen LogP contribution < -0.4 is 20.1 Å². The minimum Gasteiger partial charge on any atom is -0.488 e. The molecule has 2 aliphatic carbocycles. The van der Waals surface area contributed by atoms with Crippen molar-refractivity contribution in [3.05, 3.63) is 36.4 Å². The van der Waals surface area contributed by atoms with E-state index in [0.717, 1.165) is 47.2 Å². The lowest BCUT2D eigenvalue weighted by molar-refractivity contribution is 0.387. The summed E-state index contributed by atoms with van der Waals surface area (Å²) in [5.41, 5.74) is 3.49.